The van der Waals surface area contributed by atoms with Crippen LogP contribution in [0.15, 0.2) is 0 Å². The average Bonchev–Trinajstić information content (AvgIpc) is 2.43. The number of nitrogens with zero attached hydrogens (tertiary/aromatic N) is 1. The molecule has 2 aliphatic rings. The van der Waals surface area contributed by atoms with Crippen molar-refractivity contribution in [3.05, 3.63) is 0 Å². The first-order chi connectivity index (χ1) is 5.22. The van der Waals surface area contributed by atoms with Crippen molar-refractivity contribution in [1.29, 1.82) is 0 Å². The molecule has 0 spiro atoms. The van der Waals surface area contributed by atoms with Crippen molar-refractivity contribution in [3.63, 3.8) is 0 Å². The van der Waals surface area contributed by atoms with Gasteiger partial charge in [-0.05, 0) is 12.8 Å². The summed E-state index contributed by atoms with van der Waals surface area (Å²) in [6.07, 6.45) is 1.88. The lowest BCUT2D eigenvalue weighted by atomic mass is 9.84. The Morgan fingerprint density at radius 3 is 2.73 bits per heavy atom. The van der Waals surface area contributed by atoms with Gasteiger partial charge in [0.25, 0.3) is 11.7 Å². The number of carbonyl (C=O) groups is 3. The normalized spacial score (nSPS) is 35.1. The van der Waals surface area contributed by atoms with E-state index in [1.807, 2.05) is 0 Å². The number of aldehydes is 1. The minimum atomic E-state index is -1.03. The van der Waals surface area contributed by atoms with Gasteiger partial charge in [-0.3, -0.25) is 9.59 Å². The number of Topliss-reactive ketones (excluding diaryl/α,β-unsaturated/α-hetero) is 1. The van der Waals surface area contributed by atoms with Gasteiger partial charge in [0.15, 0.2) is 11.8 Å². The van der Waals surface area contributed by atoms with Gasteiger partial charge in [-0.15, -0.1) is 0 Å². The summed E-state index contributed by atoms with van der Waals surface area (Å²) in [5, 5.41) is 0. The zero-order valence-corrected chi connectivity index (χ0v) is 5.87. The molecular formula is C7H7NO3. The van der Waals surface area contributed by atoms with E-state index in [1.54, 1.807) is 0 Å². The number of carbonyl (C=O) groups excluding carboxylic acids is 3. The van der Waals surface area contributed by atoms with Crippen molar-refractivity contribution in [1.82, 2.24) is 4.90 Å². The lowest BCUT2D eigenvalue weighted by Crippen LogP contribution is -2.69. The Morgan fingerprint density at radius 2 is 2.18 bits per heavy atom. The van der Waals surface area contributed by atoms with Gasteiger partial charge in [-0.1, -0.05) is 0 Å². The Bertz CT molecular complexity index is 260. The Morgan fingerprint density at radius 1 is 1.45 bits per heavy atom. The summed E-state index contributed by atoms with van der Waals surface area (Å²) in [7, 11) is 0. The molecule has 0 unspecified atom stereocenters. The molecule has 0 bridgehead atoms. The lowest BCUT2D eigenvalue weighted by Gasteiger charge is -2.40. The van der Waals surface area contributed by atoms with Crippen LogP contribution in [0, 0.1) is 0 Å². The van der Waals surface area contributed by atoms with Gasteiger partial charge < -0.3 is 9.69 Å². The number of hydrogen-bond donors (Lipinski definition) is 0. The van der Waals surface area contributed by atoms with Crippen LogP contribution in [0.3, 0.4) is 0 Å². The van der Waals surface area contributed by atoms with Crippen molar-refractivity contribution in [2.24, 2.45) is 0 Å². The monoisotopic (exact) mass is 153 g/mol. The first-order valence-corrected chi connectivity index (χ1v) is 3.55. The van der Waals surface area contributed by atoms with Gasteiger partial charge >= 0.3 is 0 Å². The number of amides is 1. The third kappa shape index (κ3) is 0.492. The number of ketones is 1. The van der Waals surface area contributed by atoms with Gasteiger partial charge in [-0.2, -0.15) is 0 Å². The van der Waals surface area contributed by atoms with E-state index in [-0.39, 0.29) is 0 Å². The molecule has 4 heteroatoms. The second-order valence-electron chi connectivity index (χ2n) is 2.93. The van der Waals surface area contributed by atoms with Gasteiger partial charge in [-0.25, -0.2) is 0 Å². The predicted molar refractivity (Wildman–Crippen MR) is 34.7 cm³/mol. The summed E-state index contributed by atoms with van der Waals surface area (Å²) >= 11 is 0. The van der Waals surface area contributed by atoms with Crippen LogP contribution in [0.2, 0.25) is 0 Å². The molecule has 1 atom stereocenters. The first-order valence-electron chi connectivity index (χ1n) is 3.55. The highest BCUT2D eigenvalue weighted by molar-refractivity contribution is 6.50. The third-order valence-electron chi connectivity index (χ3n) is 2.45. The number of fused-ring (bicyclic) bond motifs is 1. The summed E-state index contributed by atoms with van der Waals surface area (Å²) in [6.45, 7) is 0.559. The van der Waals surface area contributed by atoms with Crippen LogP contribution in [-0.2, 0) is 14.4 Å². The van der Waals surface area contributed by atoms with Crippen molar-refractivity contribution in [3.8, 4) is 0 Å². The average molecular weight is 153 g/mol. The molecule has 2 fully saturated rings. The molecule has 0 aliphatic carbocycles. The molecule has 0 saturated carbocycles. The van der Waals surface area contributed by atoms with E-state index >= 15 is 0 Å². The van der Waals surface area contributed by atoms with Crippen molar-refractivity contribution in [2.45, 2.75) is 18.4 Å². The van der Waals surface area contributed by atoms with E-state index in [4.69, 9.17) is 0 Å². The van der Waals surface area contributed by atoms with E-state index in [1.165, 1.54) is 4.90 Å². The SMILES string of the molecule is O=C[C@]12CCCN1C(=O)C2=O. The fourth-order valence-corrected chi connectivity index (χ4v) is 1.79. The van der Waals surface area contributed by atoms with Crippen molar-refractivity contribution in [2.75, 3.05) is 6.54 Å². The molecule has 2 heterocycles. The summed E-state index contributed by atoms with van der Waals surface area (Å²) < 4.78 is 0. The standard InChI is InChI=1S/C7H7NO3/c9-4-7-2-1-3-8(7)6(11)5(7)10/h4H,1-3H2/t7-/m0/s1. The van der Waals surface area contributed by atoms with Crippen LogP contribution in [0.25, 0.3) is 0 Å². The quantitative estimate of drug-likeness (QED) is 0.213. The number of hydrogen-bond acceptors (Lipinski definition) is 3. The maximum atomic E-state index is 11.0. The van der Waals surface area contributed by atoms with Crippen LogP contribution >= 0.6 is 0 Å². The maximum Gasteiger partial charge on any atom is 0.294 e. The molecule has 2 aliphatic heterocycles. The number of rotatable bonds is 1. The summed E-state index contributed by atoms with van der Waals surface area (Å²) in [4.78, 5) is 33.7. The highest BCUT2D eigenvalue weighted by Gasteiger charge is 2.62. The van der Waals surface area contributed by atoms with Crippen LogP contribution in [0.4, 0.5) is 0 Å². The van der Waals surface area contributed by atoms with Gasteiger partial charge in [0.05, 0.1) is 0 Å². The summed E-state index contributed by atoms with van der Waals surface area (Å²) in [6, 6.07) is 0. The zero-order chi connectivity index (χ0) is 8.06. The summed E-state index contributed by atoms with van der Waals surface area (Å²) in [5.74, 6) is -1.01. The van der Waals surface area contributed by atoms with E-state index in [9.17, 15) is 14.4 Å². The minimum absolute atomic E-state index is 0.491. The van der Waals surface area contributed by atoms with Crippen molar-refractivity contribution < 1.29 is 14.4 Å². The minimum Gasteiger partial charge on any atom is -0.316 e. The number of β-lactam (4-membered cyclic amide) rings is 1. The van der Waals surface area contributed by atoms with E-state index in [2.05, 4.69) is 0 Å². The molecule has 4 nitrogen and oxygen atoms in total. The fraction of sp³-hybridized carbons (Fsp3) is 0.571. The molecule has 2 rings (SSSR count). The second-order valence-corrected chi connectivity index (χ2v) is 2.93. The third-order valence-corrected chi connectivity index (χ3v) is 2.45. The van der Waals surface area contributed by atoms with Crippen LogP contribution < -0.4 is 0 Å². The molecule has 0 radical (unpaired) electrons. The Hall–Kier alpha value is -1.19. The second kappa shape index (κ2) is 1.69. The Kier molecular flexibility index (Phi) is 1.00. The van der Waals surface area contributed by atoms with Crippen LogP contribution in [-0.4, -0.2) is 35.0 Å². The van der Waals surface area contributed by atoms with Gasteiger partial charge in [0.1, 0.15) is 0 Å². The van der Waals surface area contributed by atoms with Gasteiger partial charge in [0.2, 0.25) is 0 Å². The van der Waals surface area contributed by atoms with Crippen LogP contribution in [0.5, 0.6) is 0 Å². The molecule has 0 aromatic heterocycles. The highest BCUT2D eigenvalue weighted by Crippen LogP contribution is 2.36. The highest BCUT2D eigenvalue weighted by atomic mass is 16.2. The largest absolute Gasteiger partial charge is 0.316 e. The molecular weight excluding hydrogens is 146 g/mol. The van der Waals surface area contributed by atoms with E-state index < -0.39 is 17.2 Å². The fourth-order valence-electron chi connectivity index (χ4n) is 1.79. The molecule has 58 valence electrons. The first kappa shape index (κ1) is 6.52. The van der Waals surface area contributed by atoms with E-state index in [0.717, 1.165) is 6.42 Å². The molecule has 11 heavy (non-hydrogen) atoms. The van der Waals surface area contributed by atoms with Crippen LogP contribution in [0.1, 0.15) is 12.8 Å². The molecule has 1 amide bonds. The predicted octanol–water partition coefficient (Wildman–Crippen LogP) is -0.871. The molecule has 0 N–H and O–H groups in total. The molecule has 0 aromatic carbocycles. The van der Waals surface area contributed by atoms with Crippen molar-refractivity contribution >= 4 is 18.0 Å². The topological polar surface area (TPSA) is 54.5 Å². The Balaban J connectivity index is 2.39. The zero-order valence-electron chi connectivity index (χ0n) is 5.87. The Labute approximate surface area is 63.2 Å². The molecule has 0 aromatic rings. The smallest absolute Gasteiger partial charge is 0.294 e. The summed E-state index contributed by atoms with van der Waals surface area (Å²) in [5.41, 5.74) is -1.03. The maximum absolute atomic E-state index is 11.0. The molecule has 2 saturated heterocycles. The lowest BCUT2D eigenvalue weighted by molar-refractivity contribution is -0.167. The van der Waals surface area contributed by atoms with E-state index in [0.29, 0.717) is 19.3 Å². The van der Waals surface area contributed by atoms with Gasteiger partial charge in [0, 0.05) is 6.54 Å².